The zero-order chi connectivity index (χ0) is 51.3. The Morgan fingerprint density at radius 3 is 2.12 bits per heavy atom. The second-order valence-electron chi connectivity index (χ2n) is 18.9. The average molecular weight is 964 g/mol. The van der Waals surface area contributed by atoms with Gasteiger partial charge in [0.05, 0.1) is 60.6 Å². The number of likely N-dealkylation sites (N-methyl/N-ethyl adjacent to an activating group) is 3. The molecule has 72 heavy (non-hydrogen) atoms. The molecule has 0 radical (unpaired) electrons. The van der Waals surface area contributed by atoms with Gasteiger partial charge in [0.2, 0.25) is 11.8 Å². The third kappa shape index (κ3) is 8.83. The van der Waals surface area contributed by atoms with Crippen LogP contribution >= 0.6 is 0 Å². The molecule has 0 bridgehead atoms. The van der Waals surface area contributed by atoms with E-state index >= 15 is 0 Å². The van der Waals surface area contributed by atoms with Crippen LogP contribution in [0, 0.1) is 20.8 Å². The van der Waals surface area contributed by atoms with Gasteiger partial charge in [-0.3, -0.25) is 28.2 Å². The van der Waals surface area contributed by atoms with Gasteiger partial charge in [-0.1, -0.05) is 31.4 Å². The number of benzene rings is 2. The highest BCUT2D eigenvalue weighted by molar-refractivity contribution is 6.10. The molecule has 1 N–H and O–H groups in total. The van der Waals surface area contributed by atoms with Crippen molar-refractivity contribution in [2.75, 3.05) is 44.5 Å². The Hall–Kier alpha value is -8.21. The molecule has 0 aliphatic rings. The number of hydrogen-bond donors (Lipinski definition) is 1. The molecule has 0 aliphatic heterocycles. The summed E-state index contributed by atoms with van der Waals surface area (Å²) in [7, 11) is 11.4. The van der Waals surface area contributed by atoms with Gasteiger partial charge in [-0.15, -0.1) is 0 Å². The van der Waals surface area contributed by atoms with Gasteiger partial charge in [-0.05, 0) is 113 Å². The summed E-state index contributed by atoms with van der Waals surface area (Å²) in [4.78, 5) is 46.6. The number of anilines is 2. The molecule has 0 unspecified atom stereocenters. The minimum absolute atomic E-state index is 0.00476. The number of pyridine rings is 2. The molecule has 7 heterocycles. The Kier molecular flexibility index (Phi) is 13.2. The topological polar surface area (TPSA) is 153 Å². The minimum Gasteiger partial charge on any atom is -0.374 e. The quantitative estimate of drug-likeness (QED) is 0.0934. The van der Waals surface area contributed by atoms with Crippen molar-refractivity contribution >= 4 is 45.3 Å². The molecule has 0 aliphatic carbocycles. The minimum atomic E-state index is -0.305. The van der Waals surface area contributed by atoms with Gasteiger partial charge >= 0.3 is 0 Å². The molecule has 0 saturated heterocycles. The van der Waals surface area contributed by atoms with E-state index < -0.39 is 0 Å². The average Bonchev–Trinajstić information content (AvgIpc) is 4.22. The fourth-order valence-electron chi connectivity index (χ4n) is 9.43. The number of ether oxygens (including phenoxy) is 1. The fourth-order valence-corrected chi connectivity index (χ4v) is 9.43. The number of aryl methyl sites for hydroxylation is 4. The van der Waals surface area contributed by atoms with Crippen LogP contribution in [0.2, 0.25) is 0 Å². The predicted octanol–water partition coefficient (Wildman–Crippen LogP) is 9.61. The monoisotopic (exact) mass is 964 g/mol. The third-order valence-corrected chi connectivity index (χ3v) is 13.5. The summed E-state index contributed by atoms with van der Waals surface area (Å²) in [6.07, 6.45) is 16.0. The van der Waals surface area contributed by atoms with Crippen LogP contribution in [0.15, 0.2) is 111 Å². The van der Waals surface area contributed by atoms with Crippen molar-refractivity contribution in [3.05, 3.63) is 134 Å². The smallest absolute Gasteiger partial charge is 0.250 e. The largest absolute Gasteiger partial charge is 0.374 e. The maximum Gasteiger partial charge on any atom is 0.250 e. The van der Waals surface area contributed by atoms with Gasteiger partial charge < -0.3 is 24.4 Å². The zero-order valence-corrected chi connectivity index (χ0v) is 42.9. The molecular weight excluding hydrogens is 903 g/mol. The Morgan fingerprint density at radius 2 is 1.46 bits per heavy atom. The number of H-pyrrole nitrogens is 1. The number of fused-ring (bicyclic) bond motifs is 2. The summed E-state index contributed by atoms with van der Waals surface area (Å²) < 4.78 is 13.8. The number of nitrogens with zero attached hydrogens (tertiary/aromatic N) is 12. The Morgan fingerprint density at radius 1 is 0.764 bits per heavy atom. The lowest BCUT2D eigenvalue weighted by Crippen LogP contribution is -2.25. The number of carbonyl (C=O) groups is 2. The van der Waals surface area contributed by atoms with Gasteiger partial charge in [0, 0.05) is 115 Å². The van der Waals surface area contributed by atoms with Crippen molar-refractivity contribution in [2.45, 2.75) is 53.9 Å². The molecule has 0 saturated carbocycles. The van der Waals surface area contributed by atoms with E-state index in [2.05, 4.69) is 88.2 Å². The van der Waals surface area contributed by atoms with Gasteiger partial charge in [0.15, 0.2) is 0 Å². The van der Waals surface area contributed by atoms with Gasteiger partial charge in [-0.2, -0.15) is 15.3 Å². The predicted molar refractivity (Wildman–Crippen MR) is 287 cm³/mol. The van der Waals surface area contributed by atoms with Crippen molar-refractivity contribution in [1.82, 2.24) is 53.8 Å². The van der Waals surface area contributed by atoms with Gasteiger partial charge in [0.1, 0.15) is 11.3 Å². The van der Waals surface area contributed by atoms with Crippen molar-refractivity contribution in [2.24, 2.45) is 14.1 Å². The molecule has 0 spiro atoms. The highest BCUT2D eigenvalue weighted by atomic mass is 16.5. The van der Waals surface area contributed by atoms with E-state index in [1.165, 1.54) is 12.2 Å². The van der Waals surface area contributed by atoms with E-state index in [0.717, 1.165) is 101 Å². The second kappa shape index (κ2) is 19.5. The van der Waals surface area contributed by atoms with E-state index in [1.807, 2.05) is 108 Å². The molecule has 368 valence electrons. The molecule has 16 heteroatoms. The Bertz CT molecular complexity index is 3580. The number of carbonyl (C=O) groups excluding carboxylic acids is 2. The molecule has 7 aromatic heterocycles. The number of aromatic amines is 1. The van der Waals surface area contributed by atoms with Crippen LogP contribution < -0.4 is 9.80 Å². The highest BCUT2D eigenvalue weighted by Crippen LogP contribution is 2.48. The third-order valence-electron chi connectivity index (χ3n) is 13.5. The van der Waals surface area contributed by atoms with E-state index in [0.29, 0.717) is 35.8 Å². The van der Waals surface area contributed by atoms with Crippen LogP contribution in [-0.2, 0) is 41.6 Å². The summed E-state index contributed by atoms with van der Waals surface area (Å²) >= 11 is 0. The van der Waals surface area contributed by atoms with E-state index in [4.69, 9.17) is 19.8 Å². The van der Waals surface area contributed by atoms with Gasteiger partial charge in [-0.25, -0.2) is 9.97 Å². The molecule has 9 rings (SSSR count). The van der Waals surface area contributed by atoms with Crippen LogP contribution in [-0.4, -0.2) is 106 Å². The second-order valence-corrected chi connectivity index (χ2v) is 18.9. The Labute approximate surface area is 419 Å². The number of hydrogen-bond acceptors (Lipinski definition) is 9. The molecule has 2 aromatic carbocycles. The number of aromatic nitrogens is 10. The van der Waals surface area contributed by atoms with Crippen molar-refractivity contribution < 1.29 is 14.3 Å². The zero-order valence-electron chi connectivity index (χ0n) is 42.9. The molecule has 16 nitrogen and oxygen atoms in total. The first-order valence-corrected chi connectivity index (χ1v) is 23.9. The summed E-state index contributed by atoms with van der Waals surface area (Å²) in [5.41, 5.74) is 15.9. The molecule has 2 amide bonds. The lowest BCUT2D eigenvalue weighted by Gasteiger charge is -2.23. The standard InChI is InChI=1S/C56H61N13O3/c1-14-48(70)65(11)46-23-38(17-16-34(46)5)51-42-22-37(32-72-33(3)4)25-58-56(42)69(54(51)41-27-59-64(10)30-41)45-19-18-39(24-47(45)66(12)49(71)15-2)52-50-35(6)43(44-29-60-67(13)36(44)7)28-57-55(50)62-53(52)40-26-61-68(31-40)21-20-63(8)9/h14-19,22-31,33H,1-2,20-21,32H2,3-13H3,(H,57,62). The van der Waals surface area contributed by atoms with Crippen molar-refractivity contribution in [3.63, 3.8) is 0 Å². The normalized spacial score (nSPS) is 11.7. The van der Waals surface area contributed by atoms with E-state index in [1.54, 1.807) is 28.6 Å². The fraction of sp³-hybridized carbons (Fsp3) is 0.268. The summed E-state index contributed by atoms with van der Waals surface area (Å²) in [5, 5.41) is 15.8. The number of amides is 2. The summed E-state index contributed by atoms with van der Waals surface area (Å²) in [6, 6.07) is 14.4. The first kappa shape index (κ1) is 48.8. The van der Waals surface area contributed by atoms with E-state index in [9.17, 15) is 9.59 Å². The maximum atomic E-state index is 14.1. The van der Waals surface area contributed by atoms with Crippen molar-refractivity contribution in [1.29, 1.82) is 0 Å². The SMILES string of the molecule is C=CC(=O)N(C)c1cc(-c2c(-c3cnn(C)c3)n(-c3ccc(-c4c(-c5cnn(CCN(C)C)c5)[nH]c5ncc(-c6cnn(C)c6C)c(C)c45)cc3N(C)C(=O)C=C)c3ncc(COC(C)C)cc23)ccc1C. The number of rotatable bonds is 16. The first-order valence-electron chi connectivity index (χ1n) is 23.9. The summed E-state index contributed by atoms with van der Waals surface area (Å²) in [6.45, 7) is 19.7. The van der Waals surface area contributed by atoms with Crippen LogP contribution in [0.3, 0.4) is 0 Å². The molecular formula is C56H61N13O3. The van der Waals surface area contributed by atoms with Crippen molar-refractivity contribution in [3.8, 4) is 61.6 Å². The molecule has 9 aromatic rings. The molecule has 0 fully saturated rings. The first-order chi connectivity index (χ1) is 34.5. The maximum absolute atomic E-state index is 14.1. The van der Waals surface area contributed by atoms with E-state index in [-0.39, 0.29) is 17.9 Å². The molecule has 0 atom stereocenters. The lowest BCUT2D eigenvalue weighted by atomic mass is 9.94. The highest BCUT2D eigenvalue weighted by Gasteiger charge is 2.29. The summed E-state index contributed by atoms with van der Waals surface area (Å²) in [5.74, 6) is -0.536. The van der Waals surface area contributed by atoms with Gasteiger partial charge in [0.25, 0.3) is 0 Å². The lowest BCUT2D eigenvalue weighted by molar-refractivity contribution is -0.114. The number of nitrogens with one attached hydrogen (secondary N) is 1. The van der Waals surface area contributed by atoms with Crippen LogP contribution in [0.1, 0.15) is 36.2 Å². The van der Waals surface area contributed by atoms with Crippen LogP contribution in [0.25, 0.3) is 83.6 Å². The Balaban J connectivity index is 1.37. The van der Waals surface area contributed by atoms with Crippen LogP contribution in [0.4, 0.5) is 11.4 Å². The van der Waals surface area contributed by atoms with Crippen LogP contribution in [0.5, 0.6) is 0 Å².